The van der Waals surface area contributed by atoms with Crippen LogP contribution in [0.2, 0.25) is 0 Å². The maximum absolute atomic E-state index is 13.1. The molecule has 1 aliphatic heterocycles. The van der Waals surface area contributed by atoms with E-state index in [1.165, 1.54) is 12.0 Å². The molecular formula is C19H27N3O5. The summed E-state index contributed by atoms with van der Waals surface area (Å²) in [5.74, 6) is -0.797. The van der Waals surface area contributed by atoms with Gasteiger partial charge in [-0.1, -0.05) is 6.07 Å². The maximum Gasteiger partial charge on any atom is 0.408 e. The number of ether oxygens (including phenoxy) is 2. The lowest BCUT2D eigenvalue weighted by Crippen LogP contribution is -2.53. The van der Waals surface area contributed by atoms with Crippen molar-refractivity contribution in [3.8, 4) is 0 Å². The third kappa shape index (κ3) is 5.94. The molecule has 2 amide bonds. The first-order chi connectivity index (χ1) is 12.7. The van der Waals surface area contributed by atoms with Crippen LogP contribution in [0.4, 0.5) is 4.79 Å². The number of pyridine rings is 1. The topological polar surface area (TPSA) is 97.8 Å². The third-order valence-corrected chi connectivity index (χ3v) is 4.14. The lowest BCUT2D eigenvalue weighted by Gasteiger charge is -2.28. The Hall–Kier alpha value is -2.64. The number of carbonyl (C=O) groups is 3. The Morgan fingerprint density at radius 3 is 2.67 bits per heavy atom. The van der Waals surface area contributed by atoms with Gasteiger partial charge >= 0.3 is 12.1 Å². The third-order valence-electron chi connectivity index (χ3n) is 4.14. The normalized spacial score (nSPS) is 17.9. The summed E-state index contributed by atoms with van der Waals surface area (Å²) in [6.45, 7) is 5.68. The van der Waals surface area contributed by atoms with E-state index in [1.54, 1.807) is 39.1 Å². The van der Waals surface area contributed by atoms with Crippen LogP contribution >= 0.6 is 0 Å². The van der Waals surface area contributed by atoms with Gasteiger partial charge in [-0.05, 0) is 45.7 Å². The van der Waals surface area contributed by atoms with E-state index in [0.717, 1.165) is 0 Å². The monoisotopic (exact) mass is 377 g/mol. The molecule has 0 bridgehead atoms. The van der Waals surface area contributed by atoms with E-state index >= 15 is 0 Å². The highest BCUT2D eigenvalue weighted by Crippen LogP contribution is 2.20. The van der Waals surface area contributed by atoms with Crippen molar-refractivity contribution in [2.45, 2.75) is 57.7 Å². The lowest BCUT2D eigenvalue weighted by atomic mass is 10.1. The first kappa shape index (κ1) is 20.7. The summed E-state index contributed by atoms with van der Waals surface area (Å²) < 4.78 is 10.1. The van der Waals surface area contributed by atoms with Crippen LogP contribution in [-0.2, 0) is 25.5 Å². The van der Waals surface area contributed by atoms with E-state index in [1.807, 2.05) is 6.07 Å². The molecule has 1 aliphatic rings. The van der Waals surface area contributed by atoms with Crippen LogP contribution in [0.15, 0.2) is 24.4 Å². The van der Waals surface area contributed by atoms with Gasteiger partial charge in [0.2, 0.25) is 5.91 Å². The zero-order valence-electron chi connectivity index (χ0n) is 16.2. The maximum atomic E-state index is 13.1. The first-order valence-electron chi connectivity index (χ1n) is 8.99. The van der Waals surface area contributed by atoms with Gasteiger partial charge in [-0.25, -0.2) is 9.59 Å². The highest BCUT2D eigenvalue weighted by Gasteiger charge is 2.38. The fourth-order valence-electron chi connectivity index (χ4n) is 2.99. The molecule has 2 heterocycles. The van der Waals surface area contributed by atoms with Crippen molar-refractivity contribution in [1.82, 2.24) is 15.2 Å². The number of methoxy groups -OCH3 is 1. The Morgan fingerprint density at radius 1 is 1.33 bits per heavy atom. The number of esters is 1. The minimum Gasteiger partial charge on any atom is -0.467 e. The van der Waals surface area contributed by atoms with Crippen LogP contribution < -0.4 is 5.32 Å². The molecule has 0 unspecified atom stereocenters. The van der Waals surface area contributed by atoms with E-state index < -0.39 is 29.7 Å². The largest absolute Gasteiger partial charge is 0.467 e. The van der Waals surface area contributed by atoms with Gasteiger partial charge in [0, 0.05) is 24.9 Å². The Balaban J connectivity index is 2.18. The lowest BCUT2D eigenvalue weighted by molar-refractivity contribution is -0.151. The number of nitrogens with one attached hydrogen (secondary N) is 1. The Labute approximate surface area is 159 Å². The smallest absolute Gasteiger partial charge is 0.408 e. The summed E-state index contributed by atoms with van der Waals surface area (Å²) >= 11 is 0. The van der Waals surface area contributed by atoms with Crippen molar-refractivity contribution in [2.75, 3.05) is 13.7 Å². The molecule has 0 saturated carbocycles. The summed E-state index contributed by atoms with van der Waals surface area (Å²) in [5, 5.41) is 2.63. The molecule has 1 saturated heterocycles. The average molecular weight is 377 g/mol. The summed E-state index contributed by atoms with van der Waals surface area (Å²) in [4.78, 5) is 43.0. The minimum atomic E-state index is -0.889. The molecule has 148 valence electrons. The molecule has 27 heavy (non-hydrogen) atoms. The highest BCUT2D eigenvalue weighted by atomic mass is 16.6. The summed E-state index contributed by atoms with van der Waals surface area (Å²) in [6.07, 6.45) is 2.38. The van der Waals surface area contributed by atoms with Gasteiger partial charge in [0.15, 0.2) is 0 Å². The van der Waals surface area contributed by atoms with E-state index in [2.05, 4.69) is 10.3 Å². The van der Waals surface area contributed by atoms with Crippen LogP contribution in [-0.4, -0.2) is 59.2 Å². The first-order valence-corrected chi connectivity index (χ1v) is 8.99. The highest BCUT2D eigenvalue weighted by molar-refractivity contribution is 5.90. The fraction of sp³-hybridized carbons (Fsp3) is 0.579. The van der Waals surface area contributed by atoms with E-state index in [4.69, 9.17) is 9.47 Å². The number of hydrogen-bond acceptors (Lipinski definition) is 6. The second-order valence-corrected chi connectivity index (χ2v) is 7.44. The van der Waals surface area contributed by atoms with Gasteiger partial charge in [0.25, 0.3) is 0 Å². The minimum absolute atomic E-state index is 0.198. The molecule has 2 rings (SSSR count). The zero-order valence-corrected chi connectivity index (χ0v) is 16.2. The molecule has 1 N–H and O–H groups in total. The molecule has 0 radical (unpaired) electrons. The summed E-state index contributed by atoms with van der Waals surface area (Å²) in [6, 6.07) is 3.84. The van der Waals surface area contributed by atoms with Gasteiger partial charge in [-0.2, -0.15) is 0 Å². The Bertz CT molecular complexity index is 672. The van der Waals surface area contributed by atoms with Gasteiger partial charge in [-0.3, -0.25) is 9.78 Å². The number of rotatable bonds is 5. The molecule has 0 aliphatic carbocycles. The Morgan fingerprint density at radius 2 is 2.07 bits per heavy atom. The predicted molar refractivity (Wildman–Crippen MR) is 97.8 cm³/mol. The van der Waals surface area contributed by atoms with Crippen molar-refractivity contribution >= 4 is 18.0 Å². The molecular weight excluding hydrogens is 350 g/mol. The van der Waals surface area contributed by atoms with Crippen molar-refractivity contribution in [2.24, 2.45) is 0 Å². The van der Waals surface area contributed by atoms with Crippen LogP contribution in [0, 0.1) is 0 Å². The van der Waals surface area contributed by atoms with Gasteiger partial charge in [0.1, 0.15) is 17.7 Å². The Kier molecular flexibility index (Phi) is 6.76. The number of aromatic nitrogens is 1. The molecule has 1 fully saturated rings. The number of alkyl carbamates (subject to hydrolysis) is 1. The molecule has 1 aromatic heterocycles. The predicted octanol–water partition coefficient (Wildman–Crippen LogP) is 1.68. The standard InChI is InChI=1S/C19H27N3O5/c1-19(2,3)27-18(25)21-14(12-13-8-5-6-10-20-13)16(23)22-11-7-9-15(22)17(24)26-4/h5-6,8,10,14-15H,7,9,11-12H2,1-4H3,(H,21,25)/t14-,15+/m1/s1. The van der Waals surface area contributed by atoms with Crippen molar-refractivity contribution in [3.05, 3.63) is 30.1 Å². The van der Waals surface area contributed by atoms with E-state index in [9.17, 15) is 14.4 Å². The molecule has 0 spiro atoms. The molecule has 8 heteroatoms. The second kappa shape index (κ2) is 8.83. The van der Waals surface area contributed by atoms with E-state index in [0.29, 0.717) is 25.1 Å². The molecule has 8 nitrogen and oxygen atoms in total. The fourth-order valence-corrected chi connectivity index (χ4v) is 2.99. The number of likely N-dealkylation sites (tertiary alicyclic amines) is 1. The number of amides is 2. The van der Waals surface area contributed by atoms with Crippen LogP contribution in [0.5, 0.6) is 0 Å². The quantitative estimate of drug-likeness (QED) is 0.784. The zero-order chi connectivity index (χ0) is 20.0. The van der Waals surface area contributed by atoms with Crippen LogP contribution in [0.1, 0.15) is 39.3 Å². The van der Waals surface area contributed by atoms with E-state index in [-0.39, 0.29) is 12.3 Å². The average Bonchev–Trinajstić information content (AvgIpc) is 3.08. The summed E-state index contributed by atoms with van der Waals surface area (Å²) in [5.41, 5.74) is -0.0362. The summed E-state index contributed by atoms with van der Waals surface area (Å²) in [7, 11) is 1.30. The van der Waals surface area contributed by atoms with Crippen LogP contribution in [0.25, 0.3) is 0 Å². The second-order valence-electron chi connectivity index (χ2n) is 7.44. The molecule has 2 atom stereocenters. The number of carbonyl (C=O) groups excluding carboxylic acids is 3. The molecule has 0 aromatic carbocycles. The SMILES string of the molecule is COC(=O)[C@@H]1CCCN1C(=O)[C@@H](Cc1ccccn1)NC(=O)OC(C)(C)C. The number of nitrogens with zero attached hydrogens (tertiary/aromatic N) is 2. The van der Waals surface area contributed by atoms with Crippen molar-refractivity contribution in [1.29, 1.82) is 0 Å². The van der Waals surface area contributed by atoms with Crippen molar-refractivity contribution in [3.63, 3.8) is 0 Å². The van der Waals surface area contributed by atoms with Crippen LogP contribution in [0.3, 0.4) is 0 Å². The van der Waals surface area contributed by atoms with Gasteiger partial charge < -0.3 is 19.7 Å². The van der Waals surface area contributed by atoms with Gasteiger partial charge in [-0.15, -0.1) is 0 Å². The van der Waals surface area contributed by atoms with Gasteiger partial charge in [0.05, 0.1) is 7.11 Å². The molecule has 1 aromatic rings. The number of hydrogen-bond donors (Lipinski definition) is 1. The van der Waals surface area contributed by atoms with Crippen molar-refractivity contribution < 1.29 is 23.9 Å².